The van der Waals surface area contributed by atoms with E-state index in [1.54, 1.807) is 37.3 Å². The first kappa shape index (κ1) is 18.2. The molecule has 2 aromatic rings. The number of ether oxygens (including phenoxy) is 2. The summed E-state index contributed by atoms with van der Waals surface area (Å²) >= 11 is 0. The summed E-state index contributed by atoms with van der Waals surface area (Å²) in [4.78, 5) is 12.5. The SMILES string of the molecule is CCC(C)NS(=O)(=O)c1cccc(C(=O)Nc2ccc3c(c2)OCO3)c1. The van der Waals surface area contributed by atoms with Crippen molar-refractivity contribution in [3.63, 3.8) is 0 Å². The molecule has 0 aliphatic carbocycles. The second-order valence-electron chi connectivity index (χ2n) is 5.98. The molecule has 3 rings (SSSR count). The lowest BCUT2D eigenvalue weighted by atomic mass is 10.2. The molecule has 7 nitrogen and oxygen atoms in total. The van der Waals surface area contributed by atoms with Gasteiger partial charge in [0.15, 0.2) is 11.5 Å². The first-order chi connectivity index (χ1) is 12.4. The summed E-state index contributed by atoms with van der Waals surface area (Å²) in [6, 6.07) is 10.8. The molecule has 0 saturated heterocycles. The van der Waals surface area contributed by atoms with Crippen LogP contribution in [0.5, 0.6) is 11.5 Å². The molecule has 26 heavy (non-hydrogen) atoms. The topological polar surface area (TPSA) is 93.7 Å². The maximum absolute atomic E-state index is 12.5. The quantitative estimate of drug-likeness (QED) is 0.808. The number of benzene rings is 2. The summed E-state index contributed by atoms with van der Waals surface area (Å²) in [6.07, 6.45) is 0.670. The van der Waals surface area contributed by atoms with Gasteiger partial charge in [-0.1, -0.05) is 13.0 Å². The van der Waals surface area contributed by atoms with Gasteiger partial charge in [-0.2, -0.15) is 0 Å². The highest BCUT2D eigenvalue weighted by Gasteiger charge is 2.19. The molecule has 1 aliphatic rings. The van der Waals surface area contributed by atoms with Gasteiger partial charge in [-0.05, 0) is 43.7 Å². The number of carbonyl (C=O) groups is 1. The van der Waals surface area contributed by atoms with Crippen LogP contribution in [0.25, 0.3) is 0 Å². The van der Waals surface area contributed by atoms with E-state index in [1.165, 1.54) is 12.1 Å². The number of amides is 1. The van der Waals surface area contributed by atoms with E-state index in [0.717, 1.165) is 0 Å². The van der Waals surface area contributed by atoms with Crippen LogP contribution in [0.1, 0.15) is 30.6 Å². The number of fused-ring (bicyclic) bond motifs is 1. The van der Waals surface area contributed by atoms with E-state index in [2.05, 4.69) is 10.0 Å². The van der Waals surface area contributed by atoms with Crippen LogP contribution >= 0.6 is 0 Å². The molecule has 0 saturated carbocycles. The zero-order chi connectivity index (χ0) is 18.7. The second-order valence-corrected chi connectivity index (χ2v) is 7.69. The van der Waals surface area contributed by atoms with Crippen molar-refractivity contribution in [2.75, 3.05) is 12.1 Å². The summed E-state index contributed by atoms with van der Waals surface area (Å²) in [5.74, 6) is 0.758. The molecule has 0 spiro atoms. The Morgan fingerprint density at radius 1 is 1.15 bits per heavy atom. The molecule has 1 aliphatic heterocycles. The average molecular weight is 376 g/mol. The van der Waals surface area contributed by atoms with Crippen LogP contribution in [0.2, 0.25) is 0 Å². The number of hydrogen-bond donors (Lipinski definition) is 2. The molecular weight excluding hydrogens is 356 g/mol. The second kappa shape index (κ2) is 7.35. The standard InChI is InChI=1S/C18H20N2O5S/c1-3-12(2)20-26(22,23)15-6-4-5-13(9-15)18(21)19-14-7-8-16-17(10-14)25-11-24-16/h4-10,12,20H,3,11H2,1-2H3,(H,19,21). The van der Waals surface area contributed by atoms with Gasteiger partial charge >= 0.3 is 0 Å². The molecule has 1 heterocycles. The lowest BCUT2D eigenvalue weighted by Gasteiger charge is -2.13. The summed E-state index contributed by atoms with van der Waals surface area (Å²) in [6.45, 7) is 3.83. The Labute approximate surface area is 152 Å². The van der Waals surface area contributed by atoms with Gasteiger partial charge in [0.2, 0.25) is 16.8 Å². The Kier molecular flexibility index (Phi) is 5.15. The highest BCUT2D eigenvalue weighted by atomic mass is 32.2. The number of nitrogens with one attached hydrogen (secondary N) is 2. The lowest BCUT2D eigenvalue weighted by molar-refractivity contribution is 0.102. The fraction of sp³-hybridized carbons (Fsp3) is 0.278. The molecule has 0 aromatic heterocycles. The first-order valence-corrected chi connectivity index (χ1v) is 9.71. The molecular formula is C18H20N2O5S. The molecule has 1 unspecified atom stereocenters. The monoisotopic (exact) mass is 376 g/mol. The van der Waals surface area contributed by atoms with Gasteiger partial charge in [-0.3, -0.25) is 4.79 Å². The Balaban J connectivity index is 1.78. The smallest absolute Gasteiger partial charge is 0.255 e. The van der Waals surface area contributed by atoms with Crippen molar-refractivity contribution in [1.29, 1.82) is 0 Å². The summed E-state index contributed by atoms with van der Waals surface area (Å²) < 4.78 is 37.9. The molecule has 1 atom stereocenters. The van der Waals surface area contributed by atoms with Crippen molar-refractivity contribution in [1.82, 2.24) is 4.72 Å². The normalized spacial score (nSPS) is 14.1. The van der Waals surface area contributed by atoms with Crippen molar-refractivity contribution in [2.24, 2.45) is 0 Å². The van der Waals surface area contributed by atoms with Crippen LogP contribution in [-0.4, -0.2) is 27.2 Å². The third-order valence-electron chi connectivity index (χ3n) is 4.01. The number of carbonyl (C=O) groups excluding carboxylic acids is 1. The van der Waals surface area contributed by atoms with Gasteiger partial charge in [0.1, 0.15) is 0 Å². The van der Waals surface area contributed by atoms with E-state index in [9.17, 15) is 13.2 Å². The maximum atomic E-state index is 12.5. The molecule has 0 radical (unpaired) electrons. The van der Waals surface area contributed by atoms with E-state index in [-0.39, 0.29) is 23.3 Å². The summed E-state index contributed by atoms with van der Waals surface area (Å²) in [7, 11) is -3.68. The fourth-order valence-corrected chi connectivity index (χ4v) is 3.77. The third kappa shape index (κ3) is 3.97. The number of sulfonamides is 1. The van der Waals surface area contributed by atoms with Gasteiger partial charge < -0.3 is 14.8 Å². The Morgan fingerprint density at radius 3 is 2.69 bits per heavy atom. The third-order valence-corrected chi connectivity index (χ3v) is 5.59. The van der Waals surface area contributed by atoms with Crippen molar-refractivity contribution in [2.45, 2.75) is 31.2 Å². The van der Waals surface area contributed by atoms with Crippen molar-refractivity contribution >= 4 is 21.6 Å². The average Bonchev–Trinajstić information content (AvgIpc) is 3.09. The van der Waals surface area contributed by atoms with Crippen molar-refractivity contribution < 1.29 is 22.7 Å². The van der Waals surface area contributed by atoms with Crippen molar-refractivity contribution in [3.8, 4) is 11.5 Å². The van der Waals surface area contributed by atoms with E-state index in [1.807, 2.05) is 6.92 Å². The highest BCUT2D eigenvalue weighted by Crippen LogP contribution is 2.34. The van der Waals surface area contributed by atoms with Crippen LogP contribution in [0.3, 0.4) is 0 Å². The van der Waals surface area contributed by atoms with E-state index < -0.39 is 15.9 Å². The van der Waals surface area contributed by atoms with Crippen LogP contribution < -0.4 is 19.5 Å². The van der Waals surface area contributed by atoms with Crippen LogP contribution in [0.15, 0.2) is 47.4 Å². The largest absolute Gasteiger partial charge is 0.454 e. The van der Waals surface area contributed by atoms with Gasteiger partial charge in [0, 0.05) is 23.4 Å². The molecule has 0 fully saturated rings. The predicted molar refractivity (Wildman–Crippen MR) is 97.0 cm³/mol. The lowest BCUT2D eigenvalue weighted by Crippen LogP contribution is -2.32. The zero-order valence-corrected chi connectivity index (χ0v) is 15.3. The van der Waals surface area contributed by atoms with E-state index in [0.29, 0.717) is 23.6 Å². The van der Waals surface area contributed by atoms with Gasteiger partial charge in [0.25, 0.3) is 5.91 Å². The minimum Gasteiger partial charge on any atom is -0.454 e. The van der Waals surface area contributed by atoms with Crippen molar-refractivity contribution in [3.05, 3.63) is 48.0 Å². The maximum Gasteiger partial charge on any atom is 0.255 e. The van der Waals surface area contributed by atoms with Crippen LogP contribution in [-0.2, 0) is 10.0 Å². The molecule has 2 N–H and O–H groups in total. The molecule has 1 amide bonds. The summed E-state index contributed by atoms with van der Waals surface area (Å²) in [5.41, 5.74) is 0.778. The van der Waals surface area contributed by atoms with E-state index in [4.69, 9.17) is 9.47 Å². The number of hydrogen-bond acceptors (Lipinski definition) is 5. The van der Waals surface area contributed by atoms with Gasteiger partial charge in [-0.25, -0.2) is 13.1 Å². The minimum absolute atomic E-state index is 0.0520. The Hall–Kier alpha value is -2.58. The number of anilines is 1. The predicted octanol–water partition coefficient (Wildman–Crippen LogP) is 2.74. The van der Waals surface area contributed by atoms with Crippen LogP contribution in [0.4, 0.5) is 5.69 Å². The molecule has 0 bridgehead atoms. The molecule has 8 heteroatoms. The Morgan fingerprint density at radius 2 is 1.92 bits per heavy atom. The first-order valence-electron chi connectivity index (χ1n) is 8.22. The number of rotatable bonds is 6. The van der Waals surface area contributed by atoms with Gasteiger partial charge in [-0.15, -0.1) is 0 Å². The minimum atomic E-state index is -3.68. The molecule has 138 valence electrons. The zero-order valence-electron chi connectivity index (χ0n) is 14.5. The summed E-state index contributed by atoms with van der Waals surface area (Å²) in [5, 5.41) is 2.73. The molecule has 2 aromatic carbocycles. The fourth-order valence-electron chi connectivity index (χ4n) is 2.40. The Bertz CT molecular complexity index is 927. The highest BCUT2D eigenvalue weighted by molar-refractivity contribution is 7.89. The van der Waals surface area contributed by atoms with E-state index >= 15 is 0 Å². The van der Waals surface area contributed by atoms with Crippen LogP contribution in [0, 0.1) is 0 Å². The van der Waals surface area contributed by atoms with Gasteiger partial charge in [0.05, 0.1) is 4.90 Å².